The van der Waals surface area contributed by atoms with Crippen molar-refractivity contribution < 1.29 is 13.9 Å². The molecule has 1 aromatic rings. The molecule has 16 heavy (non-hydrogen) atoms. The van der Waals surface area contributed by atoms with Crippen molar-refractivity contribution in [2.75, 3.05) is 20.0 Å². The highest BCUT2D eigenvalue weighted by Gasteiger charge is 2.14. The van der Waals surface area contributed by atoms with E-state index in [2.05, 4.69) is 12.6 Å². The van der Waals surface area contributed by atoms with E-state index in [1.807, 2.05) is 12.1 Å². The average molecular weight is 258 g/mol. The molecule has 0 radical (unpaired) electrons. The summed E-state index contributed by atoms with van der Waals surface area (Å²) in [6.45, 7) is 0. The predicted octanol–water partition coefficient (Wildman–Crippen LogP) is 1.23. The van der Waals surface area contributed by atoms with Crippen LogP contribution < -0.4 is 13.9 Å². The van der Waals surface area contributed by atoms with Gasteiger partial charge in [-0.05, 0) is 30.2 Å². The van der Waals surface area contributed by atoms with Crippen LogP contribution in [0.4, 0.5) is 0 Å². The van der Waals surface area contributed by atoms with Gasteiger partial charge in [-0.15, -0.1) is 0 Å². The fourth-order valence-corrected chi connectivity index (χ4v) is 2.11. The Labute approximate surface area is 105 Å². The number of hydrogen-bond acceptors (Lipinski definition) is 4. The molecule has 90 valence electrons. The first-order valence-corrected chi connectivity index (χ1v) is 6.62. The molecule has 0 heterocycles. The van der Waals surface area contributed by atoms with Gasteiger partial charge in [0.15, 0.2) is 5.75 Å². The molecule has 0 aliphatic carbocycles. The summed E-state index contributed by atoms with van der Waals surface area (Å²) in [5, 5.41) is 0. The molecule has 0 atom stereocenters. The zero-order valence-corrected chi connectivity index (χ0v) is 12.8. The zero-order chi connectivity index (χ0) is 12.0. The summed E-state index contributed by atoms with van der Waals surface area (Å²) in [7, 11) is 3.91. The van der Waals surface area contributed by atoms with Crippen molar-refractivity contribution in [2.24, 2.45) is 0 Å². The van der Waals surface area contributed by atoms with Crippen LogP contribution in [0.2, 0.25) is 0 Å². The molecular weight excluding hydrogens is 240 g/mol. The number of methoxy groups -OCH3 is 2. The molecular formula is C11H18O3SSi. The molecule has 1 aromatic carbocycles. The number of ether oxygens (including phenoxy) is 2. The van der Waals surface area contributed by atoms with Crippen LogP contribution in [-0.2, 0) is 6.42 Å². The first kappa shape index (κ1) is 13.3. The molecule has 0 N–H and O–H groups in total. The van der Waals surface area contributed by atoms with Crippen LogP contribution in [0.1, 0.15) is 12.0 Å². The van der Waals surface area contributed by atoms with Crippen molar-refractivity contribution in [1.29, 1.82) is 0 Å². The predicted molar refractivity (Wildman–Crippen MR) is 72.3 cm³/mol. The summed E-state index contributed by atoms with van der Waals surface area (Å²) in [6, 6.07) is 3.96. The molecule has 5 heteroatoms. The second-order valence-electron chi connectivity index (χ2n) is 3.32. The number of thiol groups is 1. The summed E-state index contributed by atoms with van der Waals surface area (Å²) < 4.78 is 16.1. The number of rotatable bonds is 6. The highest BCUT2D eigenvalue weighted by Crippen LogP contribution is 2.39. The molecule has 3 nitrogen and oxygen atoms in total. The lowest BCUT2D eigenvalue weighted by atomic mass is 10.1. The normalized spacial score (nSPS) is 10.2. The largest absolute Gasteiger partial charge is 0.551 e. The fraction of sp³-hybridized carbons (Fsp3) is 0.455. The van der Waals surface area contributed by atoms with E-state index in [9.17, 15) is 0 Å². The highest BCUT2D eigenvalue weighted by molar-refractivity contribution is 7.80. The summed E-state index contributed by atoms with van der Waals surface area (Å²) in [4.78, 5) is 0. The zero-order valence-electron chi connectivity index (χ0n) is 9.95. The van der Waals surface area contributed by atoms with Gasteiger partial charge in [-0.2, -0.15) is 12.6 Å². The second-order valence-corrected chi connectivity index (χ2v) is 4.18. The Balaban J connectivity index is 3.10. The molecule has 0 saturated heterocycles. The third kappa shape index (κ3) is 2.86. The lowest BCUT2D eigenvalue weighted by Gasteiger charge is -2.15. The van der Waals surface area contributed by atoms with Crippen LogP contribution in [0.15, 0.2) is 12.1 Å². The van der Waals surface area contributed by atoms with Crippen LogP contribution in [0.3, 0.4) is 0 Å². The van der Waals surface area contributed by atoms with Crippen LogP contribution >= 0.6 is 12.6 Å². The van der Waals surface area contributed by atoms with E-state index in [1.54, 1.807) is 14.2 Å². The van der Waals surface area contributed by atoms with Gasteiger partial charge in [-0.3, -0.25) is 0 Å². The summed E-state index contributed by atoms with van der Waals surface area (Å²) in [5.74, 6) is 3.08. The Kier molecular flexibility index (Phi) is 5.55. The molecule has 0 bridgehead atoms. The van der Waals surface area contributed by atoms with Crippen LogP contribution in [0.25, 0.3) is 0 Å². The van der Waals surface area contributed by atoms with Crippen LogP contribution in [-0.4, -0.2) is 30.5 Å². The topological polar surface area (TPSA) is 27.7 Å². The van der Waals surface area contributed by atoms with Gasteiger partial charge in [0.05, 0.1) is 14.2 Å². The Morgan fingerprint density at radius 3 is 2.38 bits per heavy atom. The maximum absolute atomic E-state index is 5.39. The lowest BCUT2D eigenvalue weighted by Crippen LogP contribution is -1.99. The standard InChI is InChI=1S/C11H18O3SSi/c1-12-10-8(4-3-7-15)5-6-9(14-16)11(10)13-2/h5-6,15H,3-4,7H2,1-2,16H3. The molecule has 0 spiro atoms. The van der Waals surface area contributed by atoms with E-state index in [0.29, 0.717) is 16.2 Å². The monoisotopic (exact) mass is 258 g/mol. The first-order chi connectivity index (χ1) is 7.78. The van der Waals surface area contributed by atoms with Crippen molar-refractivity contribution in [3.63, 3.8) is 0 Å². The molecule has 0 saturated carbocycles. The van der Waals surface area contributed by atoms with Gasteiger partial charge in [0.25, 0.3) is 0 Å². The van der Waals surface area contributed by atoms with E-state index in [0.717, 1.165) is 35.7 Å². The third-order valence-corrected chi connectivity index (χ3v) is 3.15. The first-order valence-electron chi connectivity index (χ1n) is 5.17. The van der Waals surface area contributed by atoms with Crippen molar-refractivity contribution in [1.82, 2.24) is 0 Å². The van der Waals surface area contributed by atoms with E-state index in [4.69, 9.17) is 13.9 Å². The average Bonchev–Trinajstić information content (AvgIpc) is 2.34. The number of aryl methyl sites for hydroxylation is 1. The van der Waals surface area contributed by atoms with Gasteiger partial charge in [0, 0.05) is 0 Å². The maximum atomic E-state index is 5.39. The van der Waals surface area contributed by atoms with Crippen molar-refractivity contribution >= 4 is 23.1 Å². The Morgan fingerprint density at radius 1 is 1.19 bits per heavy atom. The minimum atomic E-state index is 0.633. The molecule has 0 amide bonds. The van der Waals surface area contributed by atoms with E-state index < -0.39 is 0 Å². The Bertz CT molecular complexity index is 344. The number of hydrogen-bond donors (Lipinski definition) is 1. The molecule has 0 unspecified atom stereocenters. The van der Waals surface area contributed by atoms with Gasteiger partial charge in [0.1, 0.15) is 5.75 Å². The minimum absolute atomic E-state index is 0.633. The quantitative estimate of drug-likeness (QED) is 0.614. The summed E-state index contributed by atoms with van der Waals surface area (Å²) in [5.41, 5.74) is 1.14. The number of benzene rings is 1. The lowest BCUT2D eigenvalue weighted by molar-refractivity contribution is 0.342. The van der Waals surface area contributed by atoms with Gasteiger partial charge in [-0.1, -0.05) is 6.07 Å². The van der Waals surface area contributed by atoms with Gasteiger partial charge in [-0.25, -0.2) is 0 Å². The smallest absolute Gasteiger partial charge is 0.204 e. The minimum Gasteiger partial charge on any atom is -0.551 e. The van der Waals surface area contributed by atoms with E-state index in [-0.39, 0.29) is 0 Å². The van der Waals surface area contributed by atoms with Crippen molar-refractivity contribution in [2.45, 2.75) is 12.8 Å². The SMILES string of the molecule is COc1c(CCCS)ccc(O[SiH3])c1OC. The second kappa shape index (κ2) is 6.70. The maximum Gasteiger partial charge on any atom is 0.204 e. The van der Waals surface area contributed by atoms with Crippen molar-refractivity contribution in [3.8, 4) is 17.2 Å². The molecule has 0 aliphatic rings. The van der Waals surface area contributed by atoms with Crippen molar-refractivity contribution in [3.05, 3.63) is 17.7 Å². The third-order valence-electron chi connectivity index (χ3n) is 2.39. The van der Waals surface area contributed by atoms with E-state index in [1.165, 1.54) is 0 Å². The van der Waals surface area contributed by atoms with Crippen LogP contribution in [0.5, 0.6) is 17.2 Å². The summed E-state index contributed by atoms with van der Waals surface area (Å²) >= 11 is 4.21. The Hall–Kier alpha value is -0.813. The molecule has 1 rings (SSSR count). The van der Waals surface area contributed by atoms with Gasteiger partial charge >= 0.3 is 0 Å². The van der Waals surface area contributed by atoms with E-state index >= 15 is 0 Å². The van der Waals surface area contributed by atoms with Crippen LogP contribution in [0, 0.1) is 0 Å². The molecule has 0 fully saturated rings. The highest BCUT2D eigenvalue weighted by atomic mass is 32.1. The molecule has 0 aromatic heterocycles. The van der Waals surface area contributed by atoms with Gasteiger partial charge in [0.2, 0.25) is 16.2 Å². The van der Waals surface area contributed by atoms with Gasteiger partial charge < -0.3 is 13.9 Å². The fourth-order valence-electron chi connectivity index (χ4n) is 1.63. The Morgan fingerprint density at radius 2 is 1.88 bits per heavy atom. The molecule has 0 aliphatic heterocycles. The summed E-state index contributed by atoms with van der Waals surface area (Å²) in [6.07, 6.45) is 1.95.